The predicted molar refractivity (Wildman–Crippen MR) is 72.7 cm³/mol. The summed E-state index contributed by atoms with van der Waals surface area (Å²) in [5.74, 6) is 1.19. The number of ether oxygens (including phenoxy) is 1. The zero-order valence-electron chi connectivity index (χ0n) is 10.0. The first-order chi connectivity index (χ1) is 8.74. The van der Waals surface area contributed by atoms with E-state index in [1.807, 2.05) is 24.3 Å². The predicted octanol–water partition coefficient (Wildman–Crippen LogP) is 4.51. The molecule has 0 fully saturated rings. The summed E-state index contributed by atoms with van der Waals surface area (Å²) < 4.78 is 5.71. The number of rotatable bonds is 4. The van der Waals surface area contributed by atoms with Crippen LogP contribution in [0.25, 0.3) is 0 Å². The van der Waals surface area contributed by atoms with Crippen LogP contribution in [0.1, 0.15) is 22.8 Å². The van der Waals surface area contributed by atoms with Gasteiger partial charge in [-0.05, 0) is 36.2 Å². The molecule has 0 saturated heterocycles. The molecule has 0 aliphatic heterocycles. The molecule has 0 heterocycles. The van der Waals surface area contributed by atoms with Crippen LogP contribution < -0.4 is 4.74 Å². The number of hydrogen-bond acceptors (Lipinski definition) is 2. The van der Waals surface area contributed by atoms with Crippen LogP contribution in [0, 0.1) is 0 Å². The number of halogens is 1. The molecule has 2 aromatic carbocycles. The molecule has 0 saturated carbocycles. The first-order valence-corrected chi connectivity index (χ1v) is 6.13. The molecule has 18 heavy (non-hydrogen) atoms. The zero-order valence-corrected chi connectivity index (χ0v) is 10.8. The van der Waals surface area contributed by atoms with Crippen LogP contribution in [0.2, 0.25) is 5.02 Å². The lowest BCUT2D eigenvalue weighted by Gasteiger charge is -2.09. The normalized spacial score (nSPS) is 10.1. The van der Waals surface area contributed by atoms with Gasteiger partial charge in [0.25, 0.3) is 0 Å². The van der Waals surface area contributed by atoms with Gasteiger partial charge >= 0.3 is 0 Å². The van der Waals surface area contributed by atoms with Crippen LogP contribution in [0.15, 0.2) is 42.5 Å². The third-order valence-electron chi connectivity index (χ3n) is 2.67. The van der Waals surface area contributed by atoms with E-state index in [9.17, 15) is 4.79 Å². The van der Waals surface area contributed by atoms with Crippen LogP contribution >= 0.6 is 11.6 Å². The maximum absolute atomic E-state index is 11.0. The average molecular weight is 261 g/mol. The van der Waals surface area contributed by atoms with Gasteiger partial charge in [-0.1, -0.05) is 36.7 Å². The Bertz CT molecular complexity index is 564. The maximum atomic E-state index is 11.0. The minimum Gasteiger partial charge on any atom is -0.457 e. The second-order valence-electron chi connectivity index (χ2n) is 3.87. The molecule has 92 valence electrons. The van der Waals surface area contributed by atoms with Gasteiger partial charge in [-0.3, -0.25) is 4.79 Å². The molecule has 0 atom stereocenters. The van der Waals surface area contributed by atoms with E-state index in [1.165, 1.54) is 5.56 Å². The van der Waals surface area contributed by atoms with Gasteiger partial charge in [0.2, 0.25) is 0 Å². The molecule has 2 nitrogen and oxygen atoms in total. The second-order valence-corrected chi connectivity index (χ2v) is 4.28. The lowest BCUT2D eigenvalue weighted by molar-refractivity contribution is 0.112. The molecule has 0 radical (unpaired) electrons. The SMILES string of the molecule is CCc1cccc(Oc2cccc(Cl)c2C=O)c1. The molecule has 0 amide bonds. The van der Waals surface area contributed by atoms with Gasteiger partial charge in [0.1, 0.15) is 11.5 Å². The van der Waals surface area contributed by atoms with E-state index >= 15 is 0 Å². The van der Waals surface area contributed by atoms with E-state index in [4.69, 9.17) is 16.3 Å². The third-order valence-corrected chi connectivity index (χ3v) is 2.99. The fourth-order valence-electron chi connectivity index (χ4n) is 1.68. The maximum Gasteiger partial charge on any atom is 0.155 e. The first-order valence-electron chi connectivity index (χ1n) is 5.75. The van der Waals surface area contributed by atoms with Crippen LogP contribution in [-0.2, 0) is 6.42 Å². The Labute approximate surface area is 111 Å². The van der Waals surface area contributed by atoms with Crippen LogP contribution in [-0.4, -0.2) is 6.29 Å². The summed E-state index contributed by atoms with van der Waals surface area (Å²) in [5.41, 5.74) is 1.56. The van der Waals surface area contributed by atoms with Crippen molar-refractivity contribution >= 4 is 17.9 Å². The van der Waals surface area contributed by atoms with Crippen molar-refractivity contribution in [2.75, 3.05) is 0 Å². The van der Waals surface area contributed by atoms with Crippen molar-refractivity contribution < 1.29 is 9.53 Å². The Morgan fingerprint density at radius 3 is 2.72 bits per heavy atom. The van der Waals surface area contributed by atoms with E-state index in [2.05, 4.69) is 6.92 Å². The van der Waals surface area contributed by atoms with Gasteiger partial charge in [-0.2, -0.15) is 0 Å². The van der Waals surface area contributed by atoms with E-state index in [0.29, 0.717) is 28.4 Å². The second kappa shape index (κ2) is 5.69. The summed E-state index contributed by atoms with van der Waals surface area (Å²) in [5, 5.41) is 0.397. The standard InChI is InChI=1S/C15H13ClO2/c1-2-11-5-3-6-12(9-11)18-15-8-4-7-14(16)13(15)10-17/h3-10H,2H2,1H3. The quantitative estimate of drug-likeness (QED) is 0.756. The Morgan fingerprint density at radius 1 is 1.22 bits per heavy atom. The average Bonchev–Trinajstić information content (AvgIpc) is 2.39. The van der Waals surface area contributed by atoms with Crippen LogP contribution in [0.4, 0.5) is 0 Å². The van der Waals surface area contributed by atoms with Crippen LogP contribution in [0.3, 0.4) is 0 Å². The molecule has 0 aromatic heterocycles. The topological polar surface area (TPSA) is 26.3 Å². The van der Waals surface area contributed by atoms with E-state index in [0.717, 1.165) is 6.42 Å². The number of carbonyl (C=O) groups excluding carboxylic acids is 1. The summed E-state index contributed by atoms with van der Waals surface area (Å²) in [7, 11) is 0. The van der Waals surface area contributed by atoms with Gasteiger partial charge in [-0.25, -0.2) is 0 Å². The van der Waals surface area contributed by atoms with Gasteiger partial charge < -0.3 is 4.74 Å². The molecule has 0 spiro atoms. The fraction of sp³-hybridized carbons (Fsp3) is 0.133. The number of aldehydes is 1. The van der Waals surface area contributed by atoms with E-state index < -0.39 is 0 Å². The van der Waals surface area contributed by atoms with Crippen LogP contribution in [0.5, 0.6) is 11.5 Å². The van der Waals surface area contributed by atoms with Crippen molar-refractivity contribution in [3.05, 3.63) is 58.6 Å². The highest BCUT2D eigenvalue weighted by Gasteiger charge is 2.08. The number of carbonyl (C=O) groups is 1. The minimum atomic E-state index is 0.376. The monoisotopic (exact) mass is 260 g/mol. The summed E-state index contributed by atoms with van der Waals surface area (Å²) in [4.78, 5) is 11.0. The Balaban J connectivity index is 2.33. The van der Waals surface area contributed by atoms with Crippen molar-refractivity contribution in [2.24, 2.45) is 0 Å². The van der Waals surface area contributed by atoms with Crippen molar-refractivity contribution in [3.8, 4) is 11.5 Å². The fourth-order valence-corrected chi connectivity index (χ4v) is 1.89. The Kier molecular flexibility index (Phi) is 4.00. The molecule has 2 rings (SSSR count). The van der Waals surface area contributed by atoms with Crippen molar-refractivity contribution in [1.82, 2.24) is 0 Å². The molecular formula is C15H13ClO2. The number of benzene rings is 2. The van der Waals surface area contributed by atoms with Crippen molar-refractivity contribution in [1.29, 1.82) is 0 Å². The summed E-state index contributed by atoms with van der Waals surface area (Å²) in [6.07, 6.45) is 1.65. The van der Waals surface area contributed by atoms with Gasteiger partial charge in [0.15, 0.2) is 6.29 Å². The highest BCUT2D eigenvalue weighted by Crippen LogP contribution is 2.29. The summed E-state index contributed by atoms with van der Waals surface area (Å²) >= 11 is 5.94. The third kappa shape index (κ3) is 2.71. The Hall–Kier alpha value is -1.80. The van der Waals surface area contributed by atoms with Crippen molar-refractivity contribution in [2.45, 2.75) is 13.3 Å². The molecular weight excluding hydrogens is 248 g/mol. The van der Waals surface area contributed by atoms with Gasteiger partial charge in [0.05, 0.1) is 10.6 Å². The molecule has 0 bridgehead atoms. The lowest BCUT2D eigenvalue weighted by atomic mass is 10.1. The molecule has 0 N–H and O–H groups in total. The van der Waals surface area contributed by atoms with Gasteiger partial charge in [0, 0.05) is 0 Å². The first kappa shape index (κ1) is 12.7. The number of aryl methyl sites for hydroxylation is 1. The summed E-state index contributed by atoms with van der Waals surface area (Å²) in [6.45, 7) is 2.08. The van der Waals surface area contributed by atoms with Crippen molar-refractivity contribution in [3.63, 3.8) is 0 Å². The molecule has 2 aromatic rings. The molecule has 3 heteroatoms. The lowest BCUT2D eigenvalue weighted by Crippen LogP contribution is -1.92. The number of hydrogen-bond donors (Lipinski definition) is 0. The molecule has 0 unspecified atom stereocenters. The van der Waals surface area contributed by atoms with E-state index in [-0.39, 0.29) is 0 Å². The smallest absolute Gasteiger partial charge is 0.155 e. The highest BCUT2D eigenvalue weighted by atomic mass is 35.5. The zero-order chi connectivity index (χ0) is 13.0. The summed E-state index contributed by atoms with van der Waals surface area (Å²) in [6, 6.07) is 12.9. The molecule has 0 aliphatic carbocycles. The molecule has 0 aliphatic rings. The largest absolute Gasteiger partial charge is 0.457 e. The van der Waals surface area contributed by atoms with Gasteiger partial charge in [-0.15, -0.1) is 0 Å². The highest BCUT2D eigenvalue weighted by molar-refractivity contribution is 6.33. The Morgan fingerprint density at radius 2 is 2.00 bits per heavy atom. The van der Waals surface area contributed by atoms with E-state index in [1.54, 1.807) is 18.2 Å². The minimum absolute atomic E-state index is 0.376.